The van der Waals surface area contributed by atoms with Crippen molar-refractivity contribution in [3.63, 3.8) is 0 Å². The van der Waals surface area contributed by atoms with Crippen molar-refractivity contribution in [3.8, 4) is 5.75 Å². The molecule has 0 aliphatic carbocycles. The fraction of sp³-hybridized carbons (Fsp3) is 0.333. The Morgan fingerprint density at radius 3 is 2.67 bits per heavy atom. The van der Waals surface area contributed by atoms with Crippen molar-refractivity contribution in [2.24, 2.45) is 0 Å². The third-order valence-corrected chi connectivity index (χ3v) is 6.72. The van der Waals surface area contributed by atoms with Crippen LogP contribution in [0.4, 0.5) is 5.69 Å². The SMILES string of the molecule is COc1ccccc1C1CNCCN1S(=O)(=O)c1ccc([N+](=O)[O-])cc1C. The largest absolute Gasteiger partial charge is 0.496 e. The highest BCUT2D eigenvalue weighted by Gasteiger charge is 2.36. The molecule has 0 aromatic heterocycles. The number of hydrogen-bond acceptors (Lipinski definition) is 6. The number of nitro groups is 1. The van der Waals surface area contributed by atoms with Crippen molar-refractivity contribution >= 4 is 15.7 Å². The van der Waals surface area contributed by atoms with E-state index in [0.717, 1.165) is 5.56 Å². The number of ether oxygens (including phenoxy) is 1. The summed E-state index contributed by atoms with van der Waals surface area (Å²) in [5.74, 6) is 0.617. The lowest BCUT2D eigenvalue weighted by Crippen LogP contribution is -2.48. The first-order valence-electron chi connectivity index (χ1n) is 8.47. The van der Waals surface area contributed by atoms with Crippen LogP contribution in [0.25, 0.3) is 0 Å². The van der Waals surface area contributed by atoms with Crippen LogP contribution in [-0.4, -0.2) is 44.4 Å². The first-order valence-corrected chi connectivity index (χ1v) is 9.91. The van der Waals surface area contributed by atoms with Gasteiger partial charge in [-0.15, -0.1) is 0 Å². The number of sulfonamides is 1. The smallest absolute Gasteiger partial charge is 0.269 e. The van der Waals surface area contributed by atoms with Gasteiger partial charge in [-0.25, -0.2) is 8.42 Å². The van der Waals surface area contributed by atoms with Gasteiger partial charge in [0, 0.05) is 37.3 Å². The van der Waals surface area contributed by atoms with Gasteiger partial charge in [0.05, 0.1) is 23.0 Å². The highest BCUT2D eigenvalue weighted by Crippen LogP contribution is 2.35. The van der Waals surface area contributed by atoms with Gasteiger partial charge in [-0.3, -0.25) is 10.1 Å². The van der Waals surface area contributed by atoms with Crippen LogP contribution in [0.15, 0.2) is 47.4 Å². The molecule has 1 aliphatic rings. The summed E-state index contributed by atoms with van der Waals surface area (Å²) in [4.78, 5) is 10.5. The van der Waals surface area contributed by atoms with Gasteiger partial charge < -0.3 is 10.1 Å². The number of rotatable bonds is 5. The maximum atomic E-state index is 13.4. The van der Waals surface area contributed by atoms with Gasteiger partial charge in [-0.05, 0) is 24.6 Å². The molecule has 2 aromatic rings. The molecule has 1 unspecified atom stereocenters. The van der Waals surface area contributed by atoms with Crippen LogP contribution in [0.2, 0.25) is 0 Å². The van der Waals surface area contributed by atoms with Gasteiger partial charge in [0.15, 0.2) is 0 Å². The van der Waals surface area contributed by atoms with Crippen LogP contribution >= 0.6 is 0 Å². The van der Waals surface area contributed by atoms with Gasteiger partial charge in [0.2, 0.25) is 10.0 Å². The Bertz CT molecular complexity index is 961. The maximum Gasteiger partial charge on any atom is 0.269 e. The average Bonchev–Trinajstić information content (AvgIpc) is 2.67. The number of piperazine rings is 1. The molecular formula is C18H21N3O5S. The Balaban J connectivity index is 2.05. The van der Waals surface area contributed by atoms with E-state index in [2.05, 4.69) is 5.32 Å². The minimum absolute atomic E-state index is 0.0786. The van der Waals surface area contributed by atoms with Crippen LogP contribution < -0.4 is 10.1 Å². The summed E-state index contributed by atoms with van der Waals surface area (Å²) in [6, 6.07) is 10.7. The van der Waals surface area contributed by atoms with Crippen LogP contribution in [0, 0.1) is 17.0 Å². The fourth-order valence-electron chi connectivity index (χ4n) is 3.34. The van der Waals surface area contributed by atoms with E-state index < -0.39 is 21.0 Å². The maximum absolute atomic E-state index is 13.4. The Labute approximate surface area is 158 Å². The molecule has 1 heterocycles. The number of benzene rings is 2. The molecule has 144 valence electrons. The number of para-hydroxylation sites is 1. The van der Waals surface area contributed by atoms with E-state index in [4.69, 9.17) is 4.74 Å². The molecule has 1 saturated heterocycles. The molecule has 9 heteroatoms. The standard InChI is InChI=1S/C18H21N3O5S/c1-13-11-14(21(22)23)7-8-18(13)27(24,25)20-10-9-19-12-16(20)15-5-3-4-6-17(15)26-2/h3-8,11,16,19H,9-10,12H2,1-2H3. The summed E-state index contributed by atoms with van der Waals surface area (Å²) in [5, 5.41) is 14.2. The fourth-order valence-corrected chi connectivity index (χ4v) is 5.16. The van der Waals surface area contributed by atoms with Gasteiger partial charge in [0.1, 0.15) is 5.75 Å². The highest BCUT2D eigenvalue weighted by atomic mass is 32.2. The number of nitrogens with zero attached hydrogens (tertiary/aromatic N) is 2. The summed E-state index contributed by atoms with van der Waals surface area (Å²) in [6.07, 6.45) is 0. The lowest BCUT2D eigenvalue weighted by molar-refractivity contribution is -0.385. The second kappa shape index (κ2) is 7.63. The first-order chi connectivity index (χ1) is 12.9. The monoisotopic (exact) mass is 391 g/mol. The van der Waals surface area contributed by atoms with Crippen LogP contribution in [0.1, 0.15) is 17.2 Å². The Kier molecular flexibility index (Phi) is 5.45. The number of nitro benzene ring substituents is 1. The van der Waals surface area contributed by atoms with Crippen molar-refractivity contribution in [2.45, 2.75) is 17.9 Å². The lowest BCUT2D eigenvalue weighted by atomic mass is 10.0. The van der Waals surface area contributed by atoms with E-state index in [9.17, 15) is 18.5 Å². The quantitative estimate of drug-likeness (QED) is 0.620. The molecule has 1 aliphatic heterocycles. The van der Waals surface area contributed by atoms with E-state index in [1.54, 1.807) is 20.1 Å². The molecular weight excluding hydrogens is 370 g/mol. The molecule has 27 heavy (non-hydrogen) atoms. The summed E-state index contributed by atoms with van der Waals surface area (Å²) in [5.41, 5.74) is 0.991. The second-order valence-corrected chi connectivity index (χ2v) is 8.14. The molecule has 0 radical (unpaired) electrons. The van der Waals surface area contributed by atoms with Crippen LogP contribution in [0.5, 0.6) is 5.75 Å². The van der Waals surface area contributed by atoms with Crippen molar-refractivity contribution in [1.82, 2.24) is 9.62 Å². The zero-order chi connectivity index (χ0) is 19.6. The van der Waals surface area contributed by atoms with E-state index in [0.29, 0.717) is 30.9 Å². The van der Waals surface area contributed by atoms with Crippen molar-refractivity contribution in [2.75, 3.05) is 26.7 Å². The van der Waals surface area contributed by atoms with Gasteiger partial charge in [-0.2, -0.15) is 4.31 Å². The number of aryl methyl sites for hydroxylation is 1. The minimum Gasteiger partial charge on any atom is -0.496 e. The molecule has 3 rings (SSSR count). The summed E-state index contributed by atoms with van der Waals surface area (Å²) >= 11 is 0. The molecule has 2 aromatic carbocycles. The van der Waals surface area contributed by atoms with Gasteiger partial charge in [-0.1, -0.05) is 18.2 Å². The predicted octanol–water partition coefficient (Wildman–Crippen LogP) is 2.25. The lowest BCUT2D eigenvalue weighted by Gasteiger charge is -2.36. The average molecular weight is 391 g/mol. The van der Waals surface area contributed by atoms with E-state index in [1.165, 1.54) is 22.5 Å². The number of non-ortho nitro benzene ring substituents is 1. The molecule has 0 amide bonds. The Morgan fingerprint density at radius 2 is 2.00 bits per heavy atom. The van der Waals surface area contributed by atoms with Crippen molar-refractivity contribution in [1.29, 1.82) is 0 Å². The normalized spacial score (nSPS) is 18.2. The van der Waals surface area contributed by atoms with Gasteiger partial charge >= 0.3 is 0 Å². The Morgan fingerprint density at radius 1 is 1.26 bits per heavy atom. The van der Waals surface area contributed by atoms with E-state index in [-0.39, 0.29) is 10.6 Å². The zero-order valence-corrected chi connectivity index (χ0v) is 15.9. The third-order valence-electron chi connectivity index (χ3n) is 4.65. The number of nitrogens with one attached hydrogen (secondary N) is 1. The van der Waals surface area contributed by atoms with Crippen molar-refractivity contribution < 1.29 is 18.1 Å². The van der Waals surface area contributed by atoms with Crippen LogP contribution in [0.3, 0.4) is 0 Å². The number of hydrogen-bond donors (Lipinski definition) is 1. The molecule has 0 saturated carbocycles. The molecule has 0 spiro atoms. The molecule has 1 N–H and O–H groups in total. The third kappa shape index (κ3) is 3.66. The number of methoxy groups -OCH3 is 1. The summed E-state index contributed by atoms with van der Waals surface area (Å²) in [7, 11) is -2.29. The molecule has 0 bridgehead atoms. The summed E-state index contributed by atoms with van der Waals surface area (Å²) in [6.45, 7) is 2.84. The minimum atomic E-state index is -3.84. The zero-order valence-electron chi connectivity index (χ0n) is 15.1. The van der Waals surface area contributed by atoms with E-state index >= 15 is 0 Å². The predicted molar refractivity (Wildman–Crippen MR) is 100 cm³/mol. The summed E-state index contributed by atoms with van der Waals surface area (Å²) < 4.78 is 33.6. The topological polar surface area (TPSA) is 102 Å². The molecule has 1 fully saturated rings. The van der Waals surface area contributed by atoms with Crippen LogP contribution in [-0.2, 0) is 10.0 Å². The van der Waals surface area contributed by atoms with E-state index in [1.807, 2.05) is 18.2 Å². The van der Waals surface area contributed by atoms with Gasteiger partial charge in [0.25, 0.3) is 5.69 Å². The highest BCUT2D eigenvalue weighted by molar-refractivity contribution is 7.89. The van der Waals surface area contributed by atoms with Crippen molar-refractivity contribution in [3.05, 3.63) is 63.7 Å². The Hall–Kier alpha value is -2.49. The molecule has 1 atom stereocenters. The first kappa shape index (κ1) is 19.3. The molecule has 8 nitrogen and oxygen atoms in total. The second-order valence-electron chi connectivity index (χ2n) is 6.28.